The van der Waals surface area contributed by atoms with Crippen LogP contribution >= 0.6 is 0 Å². The van der Waals surface area contributed by atoms with Crippen LogP contribution in [0, 0.1) is 17.3 Å². The number of rotatable bonds is 4. The average molecular weight is 227 g/mol. The summed E-state index contributed by atoms with van der Waals surface area (Å²) in [6.07, 6.45) is 5.40. The van der Waals surface area contributed by atoms with Crippen LogP contribution in [0.1, 0.15) is 39.5 Å². The molecule has 2 saturated carbocycles. The van der Waals surface area contributed by atoms with Crippen LogP contribution in [0.15, 0.2) is 0 Å². The van der Waals surface area contributed by atoms with Gasteiger partial charge >= 0.3 is 0 Å². The minimum absolute atomic E-state index is 0.0282. The highest BCUT2D eigenvalue weighted by Gasteiger charge is 2.56. The number of aliphatic hydroxyl groups is 2. The lowest BCUT2D eigenvalue weighted by Gasteiger charge is -2.61. The number of hydrogen-bond acceptors (Lipinski definition) is 3. The lowest BCUT2D eigenvalue weighted by molar-refractivity contribution is -0.0957. The Balaban J connectivity index is 1.98. The van der Waals surface area contributed by atoms with Gasteiger partial charge in [0.15, 0.2) is 0 Å². The van der Waals surface area contributed by atoms with Crippen molar-refractivity contribution in [1.82, 2.24) is 5.32 Å². The smallest absolute Gasteiger partial charge is 0.0607 e. The van der Waals surface area contributed by atoms with E-state index in [-0.39, 0.29) is 19.3 Å². The second-order valence-electron chi connectivity index (χ2n) is 6.08. The molecule has 3 nitrogen and oxygen atoms in total. The first-order valence-electron chi connectivity index (χ1n) is 6.59. The Morgan fingerprint density at radius 2 is 1.81 bits per heavy atom. The van der Waals surface area contributed by atoms with Gasteiger partial charge in [-0.15, -0.1) is 0 Å². The molecule has 0 bridgehead atoms. The molecule has 0 amide bonds. The predicted octanol–water partition coefficient (Wildman–Crippen LogP) is 1.14. The highest BCUT2D eigenvalue weighted by Crippen LogP contribution is 2.57. The molecule has 2 aliphatic carbocycles. The first-order chi connectivity index (χ1) is 7.61. The molecule has 0 saturated heterocycles. The fourth-order valence-corrected chi connectivity index (χ4v) is 3.90. The van der Waals surface area contributed by atoms with Crippen LogP contribution in [-0.2, 0) is 0 Å². The monoisotopic (exact) mass is 227 g/mol. The summed E-state index contributed by atoms with van der Waals surface area (Å²) in [6.45, 7) is 4.70. The third-order valence-electron chi connectivity index (χ3n) is 4.86. The van der Waals surface area contributed by atoms with Crippen LogP contribution in [0.25, 0.3) is 0 Å². The molecule has 0 aromatic rings. The van der Waals surface area contributed by atoms with Crippen LogP contribution in [0.2, 0.25) is 0 Å². The van der Waals surface area contributed by atoms with E-state index in [1.54, 1.807) is 0 Å². The predicted molar refractivity (Wildman–Crippen MR) is 64.1 cm³/mol. The maximum Gasteiger partial charge on any atom is 0.0607 e. The van der Waals surface area contributed by atoms with Gasteiger partial charge in [-0.25, -0.2) is 0 Å². The van der Waals surface area contributed by atoms with Gasteiger partial charge in [0.1, 0.15) is 0 Å². The standard InChI is InChI=1S/C13H25NO2/c1-13(2)11-6-4-3-5-10(11)12(13)14-9(7-15)8-16/h9-12,14-16H,3-8H2,1-2H3/t10-,11+,12?/m1/s1. The Labute approximate surface area is 98.2 Å². The Morgan fingerprint density at radius 3 is 2.44 bits per heavy atom. The van der Waals surface area contributed by atoms with Gasteiger partial charge in [-0.2, -0.15) is 0 Å². The van der Waals surface area contributed by atoms with E-state index in [2.05, 4.69) is 19.2 Å². The third kappa shape index (κ3) is 1.89. The van der Waals surface area contributed by atoms with Crippen molar-refractivity contribution in [3.8, 4) is 0 Å². The maximum atomic E-state index is 9.14. The SMILES string of the molecule is CC1(C)C(NC(CO)CO)[C@@H]2CCCC[C@@H]21. The maximum absolute atomic E-state index is 9.14. The van der Waals surface area contributed by atoms with Crippen molar-refractivity contribution in [2.45, 2.75) is 51.6 Å². The van der Waals surface area contributed by atoms with Crippen LogP contribution in [0.5, 0.6) is 0 Å². The van der Waals surface area contributed by atoms with Gasteiger partial charge in [0, 0.05) is 6.04 Å². The number of nitrogens with one attached hydrogen (secondary N) is 1. The summed E-state index contributed by atoms with van der Waals surface area (Å²) in [5.41, 5.74) is 0.327. The summed E-state index contributed by atoms with van der Waals surface area (Å²) in [5, 5.41) is 21.7. The molecule has 0 aromatic carbocycles. The van der Waals surface area contributed by atoms with E-state index in [1.807, 2.05) is 0 Å². The van der Waals surface area contributed by atoms with E-state index in [9.17, 15) is 0 Å². The average Bonchev–Trinajstić information content (AvgIpc) is 2.30. The molecule has 3 heteroatoms. The van der Waals surface area contributed by atoms with Crippen molar-refractivity contribution in [3.05, 3.63) is 0 Å². The zero-order valence-corrected chi connectivity index (χ0v) is 10.4. The molecule has 0 spiro atoms. The van der Waals surface area contributed by atoms with Gasteiger partial charge in [0.2, 0.25) is 0 Å². The molecular weight excluding hydrogens is 202 g/mol. The summed E-state index contributed by atoms with van der Waals surface area (Å²) in [6, 6.07) is 0.328. The summed E-state index contributed by atoms with van der Waals surface area (Å²) < 4.78 is 0. The van der Waals surface area contributed by atoms with Gasteiger partial charge in [0.25, 0.3) is 0 Å². The second-order valence-corrected chi connectivity index (χ2v) is 6.08. The highest BCUT2D eigenvalue weighted by molar-refractivity contribution is 5.09. The zero-order valence-electron chi connectivity index (χ0n) is 10.4. The van der Waals surface area contributed by atoms with Crippen molar-refractivity contribution < 1.29 is 10.2 Å². The largest absolute Gasteiger partial charge is 0.395 e. The topological polar surface area (TPSA) is 52.5 Å². The molecule has 2 fully saturated rings. The molecule has 0 aliphatic heterocycles. The van der Waals surface area contributed by atoms with Crippen molar-refractivity contribution in [2.24, 2.45) is 17.3 Å². The molecule has 2 rings (SSSR count). The van der Waals surface area contributed by atoms with E-state index >= 15 is 0 Å². The fraction of sp³-hybridized carbons (Fsp3) is 1.00. The molecule has 0 radical (unpaired) electrons. The Kier molecular flexibility index (Phi) is 3.57. The lowest BCUT2D eigenvalue weighted by atomic mass is 9.47. The Morgan fingerprint density at radius 1 is 1.19 bits per heavy atom. The molecule has 2 aliphatic rings. The van der Waals surface area contributed by atoms with Crippen molar-refractivity contribution in [3.63, 3.8) is 0 Å². The van der Waals surface area contributed by atoms with Crippen LogP contribution in [-0.4, -0.2) is 35.5 Å². The molecular formula is C13H25NO2. The van der Waals surface area contributed by atoms with E-state index in [0.717, 1.165) is 11.8 Å². The third-order valence-corrected chi connectivity index (χ3v) is 4.86. The van der Waals surface area contributed by atoms with Gasteiger partial charge in [-0.1, -0.05) is 26.7 Å². The van der Waals surface area contributed by atoms with Crippen molar-refractivity contribution in [1.29, 1.82) is 0 Å². The Bertz CT molecular complexity index is 238. The number of fused-ring (bicyclic) bond motifs is 1. The van der Waals surface area contributed by atoms with E-state index < -0.39 is 0 Å². The van der Waals surface area contributed by atoms with E-state index in [4.69, 9.17) is 10.2 Å². The molecule has 16 heavy (non-hydrogen) atoms. The second kappa shape index (κ2) is 4.63. The van der Waals surface area contributed by atoms with Gasteiger partial charge in [0.05, 0.1) is 19.3 Å². The fourth-order valence-electron chi connectivity index (χ4n) is 3.90. The number of hydrogen-bond donors (Lipinski definition) is 3. The molecule has 3 N–H and O–H groups in total. The number of aliphatic hydroxyl groups excluding tert-OH is 2. The van der Waals surface area contributed by atoms with Gasteiger partial charge in [-0.05, 0) is 30.1 Å². The first kappa shape index (κ1) is 12.3. The van der Waals surface area contributed by atoms with Crippen LogP contribution in [0.3, 0.4) is 0 Å². The molecule has 94 valence electrons. The molecule has 0 aromatic heterocycles. The minimum Gasteiger partial charge on any atom is -0.395 e. The summed E-state index contributed by atoms with van der Waals surface area (Å²) in [7, 11) is 0. The normalized spacial score (nSPS) is 36.9. The summed E-state index contributed by atoms with van der Waals surface area (Å²) in [5.74, 6) is 1.61. The van der Waals surface area contributed by atoms with Crippen molar-refractivity contribution >= 4 is 0 Å². The van der Waals surface area contributed by atoms with Gasteiger partial charge < -0.3 is 15.5 Å². The van der Waals surface area contributed by atoms with Crippen molar-refractivity contribution in [2.75, 3.05) is 13.2 Å². The quantitative estimate of drug-likeness (QED) is 0.675. The summed E-state index contributed by atoms with van der Waals surface area (Å²) in [4.78, 5) is 0. The zero-order chi connectivity index (χ0) is 11.8. The van der Waals surface area contributed by atoms with E-state index in [1.165, 1.54) is 25.7 Å². The van der Waals surface area contributed by atoms with Crippen LogP contribution < -0.4 is 5.32 Å². The molecule has 0 heterocycles. The van der Waals surface area contributed by atoms with Gasteiger partial charge in [-0.3, -0.25) is 0 Å². The highest BCUT2D eigenvalue weighted by atomic mass is 16.3. The molecule has 1 unspecified atom stereocenters. The Hall–Kier alpha value is -0.120. The molecule has 3 atom stereocenters. The lowest BCUT2D eigenvalue weighted by Crippen LogP contribution is -2.67. The first-order valence-corrected chi connectivity index (χ1v) is 6.59. The van der Waals surface area contributed by atoms with Crippen LogP contribution in [0.4, 0.5) is 0 Å². The summed E-state index contributed by atoms with van der Waals surface area (Å²) >= 11 is 0. The van der Waals surface area contributed by atoms with E-state index in [0.29, 0.717) is 11.5 Å². The minimum atomic E-state index is -0.146.